The number of likely N-dealkylation sites (N-methyl/N-ethyl adjacent to an activating group) is 1. The molecule has 12 nitrogen and oxygen atoms in total. The number of carbonyl (C=O) groups excluding carboxylic acids is 1. The summed E-state index contributed by atoms with van der Waals surface area (Å²) in [4.78, 5) is 18.4. The SMILES string of the molecule is CN1CCC[C@H](Oc2cc(-n3nc(C(C)(C)C)cc3NC(=O)N[C@H]3CC[C@@H](Oc4ccc5nnc(N6CCCCC6)n5c4)c4ccccc43)ccc2Cl)C1. The number of ether oxygens (including phenoxy) is 2. The Hall–Kier alpha value is -4.81. The highest BCUT2D eigenvalue weighted by Gasteiger charge is 2.31. The van der Waals surface area contributed by atoms with E-state index in [0.29, 0.717) is 23.0 Å². The molecule has 5 heterocycles. The number of amides is 2. The van der Waals surface area contributed by atoms with Crippen LogP contribution in [0.4, 0.5) is 16.6 Å². The molecule has 0 bridgehead atoms. The summed E-state index contributed by atoms with van der Waals surface area (Å²) < 4.78 is 16.9. The van der Waals surface area contributed by atoms with Crippen LogP contribution in [0, 0.1) is 0 Å². The number of hydrogen-bond acceptors (Lipinski definition) is 8. The van der Waals surface area contributed by atoms with Crippen molar-refractivity contribution in [2.24, 2.45) is 0 Å². The standard InChI is InChI=1S/C41H50ClN9O3/c1-41(2,3)36-24-38(51(47-36)27-14-16-32(42)35(23-27)54-28-11-10-20-48(4)25-28)44-39(52)43-33-17-18-34(31-13-7-6-12-30(31)33)53-29-15-19-37-45-46-40(50(37)26-29)49-21-8-5-9-22-49/h6-7,12-16,19,23-24,26,28,33-34H,5,8-11,17-18,20-22,25H2,1-4H3,(H2,43,44,52)/t28-,33-,34+/m0/s1. The van der Waals surface area contributed by atoms with Crippen LogP contribution in [-0.4, -0.2) is 74.6 Å². The van der Waals surface area contributed by atoms with Crippen LogP contribution < -0.4 is 25.0 Å². The maximum atomic E-state index is 13.8. The smallest absolute Gasteiger partial charge is 0.320 e. The second-order valence-corrected chi connectivity index (χ2v) is 16.3. The third kappa shape index (κ3) is 7.72. The largest absolute Gasteiger partial charge is 0.487 e. The minimum absolute atomic E-state index is 0.0565. The lowest BCUT2D eigenvalue weighted by molar-refractivity contribution is 0.104. The first kappa shape index (κ1) is 36.2. The normalized spacial score (nSPS) is 20.8. The second-order valence-electron chi connectivity index (χ2n) is 15.9. The van der Waals surface area contributed by atoms with Crippen molar-refractivity contribution in [3.05, 3.63) is 88.7 Å². The highest BCUT2D eigenvalue weighted by atomic mass is 35.5. The molecular formula is C41H50ClN9O3. The zero-order valence-electron chi connectivity index (χ0n) is 31.6. The third-order valence-electron chi connectivity index (χ3n) is 10.8. The van der Waals surface area contributed by atoms with Gasteiger partial charge >= 0.3 is 6.03 Å². The van der Waals surface area contributed by atoms with E-state index in [2.05, 4.69) is 70.6 Å². The average molecular weight is 752 g/mol. The first-order valence-electron chi connectivity index (χ1n) is 19.3. The fourth-order valence-electron chi connectivity index (χ4n) is 7.88. The number of hydrogen-bond donors (Lipinski definition) is 2. The van der Waals surface area contributed by atoms with Crippen molar-refractivity contribution in [2.45, 2.75) is 89.4 Å². The van der Waals surface area contributed by atoms with E-state index >= 15 is 0 Å². The Bertz CT molecular complexity index is 2120. The van der Waals surface area contributed by atoms with Gasteiger partial charge in [0.05, 0.1) is 28.6 Å². The van der Waals surface area contributed by atoms with Gasteiger partial charge in [-0.1, -0.05) is 56.6 Å². The summed E-state index contributed by atoms with van der Waals surface area (Å²) in [7, 11) is 2.11. The second kappa shape index (κ2) is 15.1. The van der Waals surface area contributed by atoms with Crippen LogP contribution in [0.5, 0.6) is 11.5 Å². The summed E-state index contributed by atoms with van der Waals surface area (Å²) >= 11 is 6.64. The molecule has 284 valence electrons. The number of nitrogens with zero attached hydrogens (tertiary/aromatic N) is 7. The number of anilines is 2. The summed E-state index contributed by atoms with van der Waals surface area (Å²) in [6.07, 6.45) is 8.97. The van der Waals surface area contributed by atoms with Crippen LogP contribution in [0.1, 0.15) is 94.7 Å². The zero-order chi connectivity index (χ0) is 37.4. The Morgan fingerprint density at radius 3 is 2.50 bits per heavy atom. The summed E-state index contributed by atoms with van der Waals surface area (Å²) in [5.41, 5.74) is 4.25. The molecule has 54 heavy (non-hydrogen) atoms. The molecule has 2 N–H and O–H groups in total. The number of nitrogens with one attached hydrogen (secondary N) is 2. The quantitative estimate of drug-likeness (QED) is 0.164. The van der Waals surface area contributed by atoms with Crippen LogP contribution in [0.2, 0.25) is 5.02 Å². The van der Waals surface area contributed by atoms with E-state index in [-0.39, 0.29) is 29.7 Å². The zero-order valence-corrected chi connectivity index (χ0v) is 32.4. The van der Waals surface area contributed by atoms with Crippen molar-refractivity contribution in [2.75, 3.05) is 43.4 Å². The molecule has 0 radical (unpaired) electrons. The van der Waals surface area contributed by atoms with E-state index in [1.807, 2.05) is 59.1 Å². The van der Waals surface area contributed by atoms with Gasteiger partial charge in [-0.2, -0.15) is 5.10 Å². The first-order chi connectivity index (χ1) is 26.1. The number of carbonyl (C=O) groups is 1. The molecule has 0 spiro atoms. The van der Waals surface area contributed by atoms with Gasteiger partial charge in [0.15, 0.2) is 5.65 Å². The van der Waals surface area contributed by atoms with E-state index in [9.17, 15) is 4.79 Å². The van der Waals surface area contributed by atoms with Crippen molar-refractivity contribution in [1.82, 2.24) is 34.6 Å². The Kier molecular flexibility index (Phi) is 10.1. The molecule has 3 aliphatic rings. The lowest BCUT2D eigenvalue weighted by Gasteiger charge is -2.32. The summed E-state index contributed by atoms with van der Waals surface area (Å²) in [6, 6.07) is 19.2. The molecule has 0 saturated carbocycles. The van der Waals surface area contributed by atoms with Gasteiger partial charge in [-0.05, 0) is 93.9 Å². The fourth-order valence-corrected chi connectivity index (χ4v) is 8.04. The van der Waals surface area contributed by atoms with E-state index < -0.39 is 0 Å². The molecule has 2 aromatic carbocycles. The van der Waals surface area contributed by atoms with Crippen molar-refractivity contribution in [1.29, 1.82) is 0 Å². The number of fused-ring (bicyclic) bond motifs is 2. The molecule has 2 fully saturated rings. The van der Waals surface area contributed by atoms with E-state index in [4.69, 9.17) is 26.2 Å². The van der Waals surface area contributed by atoms with Crippen molar-refractivity contribution in [3.63, 3.8) is 0 Å². The van der Waals surface area contributed by atoms with Crippen LogP contribution in [0.3, 0.4) is 0 Å². The van der Waals surface area contributed by atoms with Crippen LogP contribution in [0.25, 0.3) is 11.3 Å². The number of urea groups is 1. The highest BCUT2D eigenvalue weighted by molar-refractivity contribution is 6.32. The minimum Gasteiger partial charge on any atom is -0.487 e. The van der Waals surface area contributed by atoms with E-state index in [0.717, 1.165) is 98.1 Å². The predicted molar refractivity (Wildman–Crippen MR) is 211 cm³/mol. The number of pyridine rings is 1. The van der Waals surface area contributed by atoms with Gasteiger partial charge in [0.1, 0.15) is 29.5 Å². The molecule has 2 amide bonds. The summed E-state index contributed by atoms with van der Waals surface area (Å²) in [6.45, 7) is 10.2. The van der Waals surface area contributed by atoms with Crippen LogP contribution in [0.15, 0.2) is 66.9 Å². The van der Waals surface area contributed by atoms with Crippen molar-refractivity contribution in [3.8, 4) is 17.2 Å². The molecule has 2 aliphatic heterocycles. The lowest BCUT2D eigenvalue weighted by atomic mass is 9.85. The predicted octanol–water partition coefficient (Wildman–Crippen LogP) is 8.11. The molecule has 3 aromatic heterocycles. The van der Waals surface area contributed by atoms with Gasteiger partial charge in [-0.3, -0.25) is 9.72 Å². The molecule has 1 aliphatic carbocycles. The molecular weight excluding hydrogens is 702 g/mol. The topological polar surface area (TPSA) is 114 Å². The monoisotopic (exact) mass is 751 g/mol. The summed E-state index contributed by atoms with van der Waals surface area (Å²) in [5.74, 6) is 2.79. The van der Waals surface area contributed by atoms with Gasteiger partial charge < -0.3 is 24.6 Å². The Balaban J connectivity index is 0.992. The van der Waals surface area contributed by atoms with Crippen molar-refractivity contribution >= 4 is 35.0 Å². The van der Waals surface area contributed by atoms with Crippen LogP contribution in [-0.2, 0) is 5.41 Å². The summed E-state index contributed by atoms with van der Waals surface area (Å²) in [5, 5.41) is 20.8. The van der Waals surface area contributed by atoms with E-state index in [1.165, 1.54) is 6.42 Å². The fraction of sp³-hybridized carbons (Fsp3) is 0.463. The molecule has 5 aromatic rings. The van der Waals surface area contributed by atoms with Crippen molar-refractivity contribution < 1.29 is 14.3 Å². The number of aromatic nitrogens is 5. The molecule has 13 heteroatoms. The average Bonchev–Trinajstić information content (AvgIpc) is 3.79. The molecule has 2 saturated heterocycles. The van der Waals surface area contributed by atoms with Gasteiger partial charge in [-0.15, -0.1) is 10.2 Å². The van der Waals surface area contributed by atoms with E-state index in [1.54, 1.807) is 4.68 Å². The maximum Gasteiger partial charge on any atom is 0.320 e. The van der Waals surface area contributed by atoms with Crippen LogP contribution >= 0.6 is 11.6 Å². The number of piperidine rings is 2. The Labute approximate surface area is 321 Å². The van der Waals surface area contributed by atoms with Gasteiger partial charge in [0.2, 0.25) is 5.95 Å². The first-order valence-corrected chi connectivity index (χ1v) is 19.7. The molecule has 0 unspecified atom stereocenters. The Morgan fingerprint density at radius 2 is 1.70 bits per heavy atom. The number of rotatable bonds is 8. The lowest BCUT2D eigenvalue weighted by Crippen LogP contribution is -2.38. The van der Waals surface area contributed by atoms with Gasteiger partial charge in [-0.25, -0.2) is 9.48 Å². The molecule has 8 rings (SSSR count). The number of halogens is 1. The number of likely N-dealkylation sites (tertiary alicyclic amines) is 1. The Morgan fingerprint density at radius 1 is 0.889 bits per heavy atom. The van der Waals surface area contributed by atoms with Gasteiger partial charge in [0, 0.05) is 37.2 Å². The molecule has 3 atom stereocenters. The third-order valence-corrected chi connectivity index (χ3v) is 11.1. The van der Waals surface area contributed by atoms with Gasteiger partial charge in [0.25, 0.3) is 0 Å². The number of benzene rings is 2. The minimum atomic E-state index is -0.310. The maximum absolute atomic E-state index is 13.8. The highest BCUT2D eigenvalue weighted by Crippen LogP contribution is 2.39.